The summed E-state index contributed by atoms with van der Waals surface area (Å²) in [5.74, 6) is -0.699. The lowest BCUT2D eigenvalue weighted by Crippen LogP contribution is -2.40. The van der Waals surface area contributed by atoms with E-state index in [4.69, 9.17) is 0 Å². The van der Waals surface area contributed by atoms with Crippen molar-refractivity contribution in [3.8, 4) is 0 Å². The molecule has 0 heterocycles. The van der Waals surface area contributed by atoms with Crippen molar-refractivity contribution in [2.75, 3.05) is 7.11 Å². The van der Waals surface area contributed by atoms with Gasteiger partial charge in [0.2, 0.25) is 0 Å². The highest BCUT2D eigenvalue weighted by Gasteiger charge is 2.17. The zero-order valence-corrected chi connectivity index (χ0v) is 12.4. The van der Waals surface area contributed by atoms with Crippen molar-refractivity contribution in [3.63, 3.8) is 0 Å². The summed E-state index contributed by atoms with van der Waals surface area (Å²) in [6, 6.07) is 4.78. The van der Waals surface area contributed by atoms with E-state index in [-0.39, 0.29) is 11.4 Å². The zero-order valence-electron chi connectivity index (χ0n) is 10.8. The maximum atomic E-state index is 12.0. The van der Waals surface area contributed by atoms with Crippen LogP contribution in [0.15, 0.2) is 22.7 Å². The normalized spacial score (nSPS) is 10.9. The zero-order chi connectivity index (χ0) is 13.9. The second-order valence-corrected chi connectivity index (χ2v) is 5.84. The largest absolute Gasteiger partial charge is 0.465 e. The van der Waals surface area contributed by atoms with Crippen LogP contribution in [0, 0.1) is 0 Å². The Kier molecular flexibility index (Phi) is 4.51. The number of carbonyl (C=O) groups is 2. The van der Waals surface area contributed by atoms with E-state index in [9.17, 15) is 9.59 Å². The van der Waals surface area contributed by atoms with Crippen molar-refractivity contribution in [3.05, 3.63) is 33.8 Å². The van der Waals surface area contributed by atoms with Crippen LogP contribution in [0.2, 0.25) is 0 Å². The Morgan fingerprint density at radius 2 is 1.72 bits per heavy atom. The number of esters is 1. The summed E-state index contributed by atoms with van der Waals surface area (Å²) in [6.07, 6.45) is 0. The fraction of sp³-hybridized carbons (Fsp3) is 0.385. The van der Waals surface area contributed by atoms with Gasteiger partial charge in [0.25, 0.3) is 5.91 Å². The highest BCUT2D eigenvalue weighted by molar-refractivity contribution is 9.10. The number of amides is 1. The molecule has 0 spiro atoms. The van der Waals surface area contributed by atoms with E-state index >= 15 is 0 Å². The number of methoxy groups -OCH3 is 1. The van der Waals surface area contributed by atoms with Gasteiger partial charge in [-0.3, -0.25) is 4.79 Å². The van der Waals surface area contributed by atoms with E-state index in [1.54, 1.807) is 12.1 Å². The lowest BCUT2D eigenvalue weighted by atomic mass is 10.1. The number of benzene rings is 1. The van der Waals surface area contributed by atoms with E-state index in [1.165, 1.54) is 13.2 Å². The molecule has 0 aliphatic carbocycles. The Morgan fingerprint density at radius 3 is 2.22 bits per heavy atom. The Labute approximate surface area is 115 Å². The maximum absolute atomic E-state index is 12.0. The van der Waals surface area contributed by atoms with Crippen LogP contribution in [0.25, 0.3) is 0 Å². The van der Waals surface area contributed by atoms with Crippen LogP contribution < -0.4 is 5.32 Å². The summed E-state index contributed by atoms with van der Waals surface area (Å²) in [5.41, 5.74) is 0.427. The van der Waals surface area contributed by atoms with Gasteiger partial charge in [-0.1, -0.05) is 15.9 Å². The number of nitrogens with one attached hydrogen (secondary N) is 1. The van der Waals surface area contributed by atoms with Crippen LogP contribution in [-0.4, -0.2) is 24.5 Å². The molecule has 1 N–H and O–H groups in total. The molecule has 1 rings (SSSR count). The summed E-state index contributed by atoms with van der Waals surface area (Å²) in [6.45, 7) is 5.68. The van der Waals surface area contributed by atoms with Gasteiger partial charge in [-0.2, -0.15) is 0 Å². The van der Waals surface area contributed by atoms with Crippen LogP contribution in [-0.2, 0) is 4.74 Å². The Bertz CT molecular complexity index is 478. The third kappa shape index (κ3) is 4.14. The molecule has 0 saturated heterocycles. The Balaban J connectivity index is 3.06. The molecular weight excluding hydrogens is 298 g/mol. The van der Waals surface area contributed by atoms with Gasteiger partial charge in [-0.15, -0.1) is 0 Å². The highest BCUT2D eigenvalue weighted by Crippen LogP contribution is 2.17. The van der Waals surface area contributed by atoms with E-state index < -0.39 is 5.97 Å². The van der Waals surface area contributed by atoms with Gasteiger partial charge < -0.3 is 10.1 Å². The van der Waals surface area contributed by atoms with Gasteiger partial charge in [0, 0.05) is 15.6 Å². The molecule has 1 aromatic carbocycles. The summed E-state index contributed by atoms with van der Waals surface area (Å²) >= 11 is 3.27. The number of hydrogen-bond acceptors (Lipinski definition) is 3. The van der Waals surface area contributed by atoms with E-state index in [0.717, 1.165) is 0 Å². The fourth-order valence-corrected chi connectivity index (χ4v) is 1.86. The quantitative estimate of drug-likeness (QED) is 0.854. The summed E-state index contributed by atoms with van der Waals surface area (Å²) in [5, 5.41) is 2.83. The Morgan fingerprint density at radius 1 is 1.17 bits per heavy atom. The topological polar surface area (TPSA) is 55.4 Å². The van der Waals surface area contributed by atoms with Gasteiger partial charge in [-0.25, -0.2) is 4.79 Å². The molecule has 0 fully saturated rings. The molecule has 18 heavy (non-hydrogen) atoms. The number of hydrogen-bond donors (Lipinski definition) is 1. The van der Waals surface area contributed by atoms with Crippen molar-refractivity contribution in [1.82, 2.24) is 5.32 Å². The molecule has 4 nitrogen and oxygen atoms in total. The maximum Gasteiger partial charge on any atom is 0.337 e. The Hall–Kier alpha value is -1.36. The fourth-order valence-electron chi connectivity index (χ4n) is 1.37. The second kappa shape index (κ2) is 5.52. The molecule has 0 saturated carbocycles. The first-order chi connectivity index (χ1) is 8.23. The van der Waals surface area contributed by atoms with Crippen LogP contribution in [0.4, 0.5) is 0 Å². The van der Waals surface area contributed by atoms with Crippen molar-refractivity contribution >= 4 is 27.8 Å². The molecule has 0 unspecified atom stereocenters. The van der Waals surface area contributed by atoms with Gasteiger partial charge in [-0.05, 0) is 39.0 Å². The number of ether oxygens (including phenoxy) is 1. The SMILES string of the molecule is COC(=O)c1cc(Br)cc(C(=O)NC(C)(C)C)c1. The number of halogens is 1. The lowest BCUT2D eigenvalue weighted by Gasteiger charge is -2.20. The molecule has 0 aromatic heterocycles. The first-order valence-electron chi connectivity index (χ1n) is 5.44. The smallest absolute Gasteiger partial charge is 0.337 e. The first kappa shape index (κ1) is 14.7. The number of rotatable bonds is 2. The van der Waals surface area contributed by atoms with Gasteiger partial charge in [0.15, 0.2) is 0 Å². The lowest BCUT2D eigenvalue weighted by molar-refractivity contribution is 0.0600. The average molecular weight is 314 g/mol. The van der Waals surface area contributed by atoms with Crippen molar-refractivity contribution < 1.29 is 14.3 Å². The molecule has 0 atom stereocenters. The van der Waals surface area contributed by atoms with Gasteiger partial charge in [0.05, 0.1) is 12.7 Å². The van der Waals surface area contributed by atoms with Crippen LogP contribution >= 0.6 is 15.9 Å². The van der Waals surface area contributed by atoms with Crippen molar-refractivity contribution in [2.24, 2.45) is 0 Å². The highest BCUT2D eigenvalue weighted by atomic mass is 79.9. The predicted molar refractivity (Wildman–Crippen MR) is 72.7 cm³/mol. The third-order valence-corrected chi connectivity index (χ3v) is 2.53. The van der Waals surface area contributed by atoms with E-state index in [1.807, 2.05) is 20.8 Å². The summed E-state index contributed by atoms with van der Waals surface area (Å²) < 4.78 is 5.29. The predicted octanol–water partition coefficient (Wildman–Crippen LogP) is 2.76. The molecule has 1 aromatic rings. The van der Waals surface area contributed by atoms with Crippen LogP contribution in [0.1, 0.15) is 41.5 Å². The van der Waals surface area contributed by atoms with E-state index in [0.29, 0.717) is 15.6 Å². The molecule has 5 heteroatoms. The minimum Gasteiger partial charge on any atom is -0.465 e. The van der Waals surface area contributed by atoms with Crippen LogP contribution in [0.3, 0.4) is 0 Å². The minimum atomic E-state index is -0.471. The molecule has 0 aliphatic heterocycles. The molecule has 98 valence electrons. The minimum absolute atomic E-state index is 0.228. The number of carbonyl (C=O) groups excluding carboxylic acids is 2. The summed E-state index contributed by atoms with van der Waals surface area (Å²) in [4.78, 5) is 23.4. The van der Waals surface area contributed by atoms with Crippen molar-refractivity contribution in [1.29, 1.82) is 0 Å². The third-order valence-electron chi connectivity index (χ3n) is 2.07. The van der Waals surface area contributed by atoms with E-state index in [2.05, 4.69) is 26.0 Å². The standard InChI is InChI=1S/C13H16BrNO3/c1-13(2,3)15-11(16)8-5-9(12(17)18-4)7-10(14)6-8/h5-7H,1-4H3,(H,15,16). The molecular formula is C13H16BrNO3. The van der Waals surface area contributed by atoms with Gasteiger partial charge >= 0.3 is 5.97 Å². The monoisotopic (exact) mass is 313 g/mol. The van der Waals surface area contributed by atoms with Crippen molar-refractivity contribution in [2.45, 2.75) is 26.3 Å². The molecule has 0 radical (unpaired) electrons. The molecule has 1 amide bonds. The first-order valence-corrected chi connectivity index (χ1v) is 6.23. The van der Waals surface area contributed by atoms with Crippen LogP contribution in [0.5, 0.6) is 0 Å². The van der Waals surface area contributed by atoms with Gasteiger partial charge in [0.1, 0.15) is 0 Å². The average Bonchev–Trinajstić information content (AvgIpc) is 2.24. The molecule has 0 bridgehead atoms. The molecule has 0 aliphatic rings. The summed E-state index contributed by atoms with van der Waals surface area (Å²) in [7, 11) is 1.30. The second-order valence-electron chi connectivity index (χ2n) is 4.92.